The molecular weight excluding hydrogens is 268 g/mol. The van der Waals surface area contributed by atoms with Crippen molar-refractivity contribution in [3.63, 3.8) is 0 Å². The monoisotopic (exact) mass is 284 g/mol. The molecule has 5 heteroatoms. The second-order valence-corrected chi connectivity index (χ2v) is 5.12. The van der Waals surface area contributed by atoms with E-state index in [0.29, 0.717) is 28.3 Å². The minimum atomic E-state index is -0.245. The number of para-hydroxylation sites is 1. The van der Waals surface area contributed by atoms with E-state index in [2.05, 4.69) is 10.5 Å². The van der Waals surface area contributed by atoms with E-state index in [1.165, 1.54) is 0 Å². The first kappa shape index (κ1) is 13.4. The smallest absolute Gasteiger partial charge is 0.261 e. The molecule has 0 aliphatic heterocycles. The summed E-state index contributed by atoms with van der Waals surface area (Å²) in [6.45, 7) is 7.38. The van der Waals surface area contributed by atoms with E-state index >= 15 is 0 Å². The maximum atomic E-state index is 12.4. The fourth-order valence-corrected chi connectivity index (χ4v) is 2.45. The van der Waals surface area contributed by atoms with Gasteiger partial charge in [-0.1, -0.05) is 17.3 Å². The Bertz CT molecular complexity index is 823. The summed E-state index contributed by atoms with van der Waals surface area (Å²) in [5, 5.41) is 7.68. The van der Waals surface area contributed by atoms with Crippen molar-refractivity contribution in [2.75, 3.05) is 5.32 Å². The highest BCUT2D eigenvalue weighted by Crippen LogP contribution is 2.31. The number of amides is 1. The van der Waals surface area contributed by atoms with Gasteiger partial charge in [-0.2, -0.15) is 0 Å². The predicted molar refractivity (Wildman–Crippen MR) is 79.6 cm³/mol. The Balaban J connectivity index is 2.03. The fraction of sp³-hybridized carbons (Fsp3) is 0.250. The van der Waals surface area contributed by atoms with Crippen LogP contribution < -0.4 is 5.32 Å². The van der Waals surface area contributed by atoms with Crippen molar-refractivity contribution < 1.29 is 13.7 Å². The highest BCUT2D eigenvalue weighted by molar-refractivity contribution is 6.09. The summed E-state index contributed by atoms with van der Waals surface area (Å²) in [7, 11) is 0. The number of nitrogens with zero attached hydrogens (tertiary/aromatic N) is 1. The summed E-state index contributed by atoms with van der Waals surface area (Å²) in [4.78, 5) is 12.4. The van der Waals surface area contributed by atoms with Crippen LogP contribution in [0, 0.1) is 27.7 Å². The molecule has 3 rings (SSSR count). The molecule has 1 amide bonds. The van der Waals surface area contributed by atoms with Crippen LogP contribution in [0.15, 0.2) is 27.1 Å². The largest absolute Gasteiger partial charge is 0.459 e. The van der Waals surface area contributed by atoms with Crippen LogP contribution in [0.3, 0.4) is 0 Å². The molecule has 0 radical (unpaired) electrons. The van der Waals surface area contributed by atoms with Crippen LogP contribution in [0.25, 0.3) is 11.0 Å². The maximum absolute atomic E-state index is 12.4. The number of hydrogen-bond donors (Lipinski definition) is 1. The van der Waals surface area contributed by atoms with E-state index in [0.717, 1.165) is 16.7 Å². The SMILES string of the molecule is Cc1noc(C)c1C(=O)Nc1cccc2c(C)c(C)oc12. The molecule has 2 aromatic heterocycles. The highest BCUT2D eigenvalue weighted by atomic mass is 16.5. The number of nitrogens with one attached hydrogen (secondary N) is 1. The molecule has 108 valence electrons. The van der Waals surface area contributed by atoms with Crippen LogP contribution in [0.5, 0.6) is 0 Å². The number of benzene rings is 1. The molecule has 2 heterocycles. The number of aryl methyl sites for hydroxylation is 4. The summed E-state index contributed by atoms with van der Waals surface area (Å²) >= 11 is 0. The van der Waals surface area contributed by atoms with Gasteiger partial charge in [-0.3, -0.25) is 4.79 Å². The van der Waals surface area contributed by atoms with Crippen LogP contribution in [0.4, 0.5) is 5.69 Å². The third kappa shape index (κ3) is 2.11. The second kappa shape index (κ2) is 4.77. The van der Waals surface area contributed by atoms with Crippen molar-refractivity contribution in [1.29, 1.82) is 0 Å². The van der Waals surface area contributed by atoms with Crippen LogP contribution in [-0.4, -0.2) is 11.1 Å². The zero-order chi connectivity index (χ0) is 15.1. The van der Waals surface area contributed by atoms with E-state index in [4.69, 9.17) is 8.94 Å². The molecule has 1 N–H and O–H groups in total. The normalized spacial score (nSPS) is 11.0. The van der Waals surface area contributed by atoms with Gasteiger partial charge in [0.15, 0.2) is 5.58 Å². The Morgan fingerprint density at radius 3 is 2.57 bits per heavy atom. The number of fused-ring (bicyclic) bond motifs is 1. The lowest BCUT2D eigenvalue weighted by Crippen LogP contribution is -2.13. The molecule has 5 nitrogen and oxygen atoms in total. The summed E-state index contributed by atoms with van der Waals surface area (Å²) < 4.78 is 10.8. The van der Waals surface area contributed by atoms with Crippen molar-refractivity contribution >= 4 is 22.6 Å². The Morgan fingerprint density at radius 2 is 1.90 bits per heavy atom. The summed E-state index contributed by atoms with van der Waals surface area (Å²) in [5.41, 5.74) is 3.45. The number of carbonyl (C=O) groups excluding carboxylic acids is 1. The molecule has 0 saturated heterocycles. The average Bonchev–Trinajstić information content (AvgIpc) is 2.92. The highest BCUT2D eigenvalue weighted by Gasteiger charge is 2.19. The molecule has 0 fully saturated rings. The van der Waals surface area contributed by atoms with Gasteiger partial charge in [0, 0.05) is 5.39 Å². The number of aromatic nitrogens is 1. The fourth-order valence-electron chi connectivity index (χ4n) is 2.45. The van der Waals surface area contributed by atoms with Crippen molar-refractivity contribution in [3.8, 4) is 0 Å². The molecule has 1 aromatic carbocycles. The van der Waals surface area contributed by atoms with Crippen LogP contribution >= 0.6 is 0 Å². The molecular formula is C16H16N2O3. The van der Waals surface area contributed by atoms with Gasteiger partial charge >= 0.3 is 0 Å². The molecule has 0 aliphatic rings. The quantitative estimate of drug-likeness (QED) is 0.774. The van der Waals surface area contributed by atoms with Crippen molar-refractivity contribution in [2.24, 2.45) is 0 Å². The molecule has 0 saturated carbocycles. The summed E-state index contributed by atoms with van der Waals surface area (Å²) in [6, 6.07) is 5.70. The number of rotatable bonds is 2. The lowest BCUT2D eigenvalue weighted by atomic mass is 10.1. The first-order valence-corrected chi connectivity index (χ1v) is 6.72. The van der Waals surface area contributed by atoms with Gasteiger partial charge in [0.2, 0.25) is 0 Å². The maximum Gasteiger partial charge on any atom is 0.261 e. The number of furan rings is 1. The topological polar surface area (TPSA) is 68.3 Å². The Hall–Kier alpha value is -2.56. The zero-order valence-electron chi connectivity index (χ0n) is 12.4. The van der Waals surface area contributed by atoms with E-state index in [9.17, 15) is 4.79 Å². The minimum absolute atomic E-state index is 0.245. The summed E-state index contributed by atoms with van der Waals surface area (Å²) in [6.07, 6.45) is 0. The van der Waals surface area contributed by atoms with Gasteiger partial charge in [-0.25, -0.2) is 0 Å². The van der Waals surface area contributed by atoms with Crippen molar-refractivity contribution in [2.45, 2.75) is 27.7 Å². The van der Waals surface area contributed by atoms with Gasteiger partial charge in [-0.15, -0.1) is 0 Å². The standard InChI is InChI=1S/C16H16N2O3/c1-8-10(3)20-15-12(8)6-5-7-13(15)17-16(19)14-9(2)18-21-11(14)4/h5-7H,1-4H3,(H,17,19). The van der Waals surface area contributed by atoms with Gasteiger partial charge in [0.1, 0.15) is 17.1 Å². The van der Waals surface area contributed by atoms with Gasteiger partial charge in [0.05, 0.1) is 11.4 Å². The summed E-state index contributed by atoms with van der Waals surface area (Å²) in [5.74, 6) is 1.11. The molecule has 0 aliphatic carbocycles. The van der Waals surface area contributed by atoms with Gasteiger partial charge in [0.25, 0.3) is 5.91 Å². The lowest BCUT2D eigenvalue weighted by molar-refractivity contribution is 0.102. The minimum Gasteiger partial charge on any atom is -0.459 e. The Labute approximate surface area is 121 Å². The van der Waals surface area contributed by atoms with E-state index in [1.54, 1.807) is 13.8 Å². The molecule has 0 atom stereocenters. The third-order valence-electron chi connectivity index (χ3n) is 3.71. The average molecular weight is 284 g/mol. The number of hydrogen-bond acceptors (Lipinski definition) is 4. The molecule has 0 unspecified atom stereocenters. The van der Waals surface area contributed by atoms with Gasteiger partial charge < -0.3 is 14.3 Å². The van der Waals surface area contributed by atoms with E-state index in [1.807, 2.05) is 32.0 Å². The number of anilines is 1. The second-order valence-electron chi connectivity index (χ2n) is 5.12. The molecule has 0 bridgehead atoms. The lowest BCUT2D eigenvalue weighted by Gasteiger charge is -2.05. The third-order valence-corrected chi connectivity index (χ3v) is 3.71. The van der Waals surface area contributed by atoms with Crippen molar-refractivity contribution in [3.05, 3.63) is 46.5 Å². The Kier molecular flexibility index (Phi) is 3.05. The molecule has 21 heavy (non-hydrogen) atoms. The van der Waals surface area contributed by atoms with E-state index in [-0.39, 0.29) is 5.91 Å². The molecule has 3 aromatic rings. The first-order valence-electron chi connectivity index (χ1n) is 6.72. The first-order chi connectivity index (χ1) is 9.99. The van der Waals surface area contributed by atoms with Crippen molar-refractivity contribution in [1.82, 2.24) is 5.16 Å². The van der Waals surface area contributed by atoms with Crippen LogP contribution in [-0.2, 0) is 0 Å². The molecule has 0 spiro atoms. The van der Waals surface area contributed by atoms with E-state index < -0.39 is 0 Å². The predicted octanol–water partition coefficient (Wildman–Crippen LogP) is 3.91. The zero-order valence-corrected chi connectivity index (χ0v) is 12.4. The Morgan fingerprint density at radius 1 is 1.14 bits per heavy atom. The number of carbonyl (C=O) groups is 1. The van der Waals surface area contributed by atoms with Gasteiger partial charge in [-0.05, 0) is 39.3 Å². The van der Waals surface area contributed by atoms with Crippen LogP contribution in [0.1, 0.15) is 33.1 Å². The van der Waals surface area contributed by atoms with Crippen LogP contribution in [0.2, 0.25) is 0 Å².